The van der Waals surface area contributed by atoms with Crippen molar-refractivity contribution in [2.24, 2.45) is 0 Å². The summed E-state index contributed by atoms with van der Waals surface area (Å²) in [4.78, 5) is 0. The molecule has 0 radical (unpaired) electrons. The largest absolute Gasteiger partial charge is 0.492 e. The average molecular weight is 168 g/mol. The maximum Gasteiger partial charge on any atom is 0.125 e. The molecule has 0 aromatic heterocycles. The monoisotopic (exact) mass is 168 g/mol. The van der Waals surface area contributed by atoms with E-state index in [0.717, 1.165) is 12.8 Å². The Morgan fingerprint density at radius 1 is 1.25 bits per heavy atom. The van der Waals surface area contributed by atoms with Crippen molar-refractivity contribution >= 4 is 0 Å². The quantitative estimate of drug-likeness (QED) is 0.648. The highest BCUT2D eigenvalue weighted by Crippen LogP contribution is 2.34. The van der Waals surface area contributed by atoms with Crippen LogP contribution in [0, 0.1) is 0 Å². The van der Waals surface area contributed by atoms with Crippen molar-refractivity contribution in [3.63, 3.8) is 0 Å². The molecule has 0 bridgehead atoms. The molecule has 1 atom stereocenters. The fourth-order valence-corrected chi connectivity index (χ4v) is 2.09. The Kier molecular flexibility index (Phi) is 2.35. The minimum Gasteiger partial charge on any atom is -0.492 e. The summed E-state index contributed by atoms with van der Waals surface area (Å²) in [5, 5.41) is 8.93. The van der Waals surface area contributed by atoms with Crippen molar-refractivity contribution in [1.29, 1.82) is 0 Å². The molecule has 12 heavy (non-hydrogen) atoms. The molecule has 0 aromatic rings. The van der Waals surface area contributed by atoms with E-state index in [2.05, 4.69) is 0 Å². The highest BCUT2D eigenvalue weighted by atomic mass is 16.5. The van der Waals surface area contributed by atoms with Gasteiger partial charge in [0.25, 0.3) is 0 Å². The molecule has 0 amide bonds. The Hall–Kier alpha value is -0.500. The second-order valence-electron chi connectivity index (χ2n) is 3.71. The number of aliphatic hydroxyl groups is 1. The molecule has 0 fully saturated rings. The molecule has 2 rings (SSSR count). The van der Waals surface area contributed by atoms with Crippen molar-refractivity contribution in [2.75, 3.05) is 6.61 Å². The number of rotatable bonds is 1. The summed E-state index contributed by atoms with van der Waals surface area (Å²) >= 11 is 0. The third-order valence-electron chi connectivity index (χ3n) is 2.76. The van der Waals surface area contributed by atoms with Gasteiger partial charge < -0.3 is 9.84 Å². The Morgan fingerprint density at radius 3 is 2.92 bits per heavy atom. The molecule has 0 spiro atoms. The predicted molar refractivity (Wildman–Crippen MR) is 46.7 cm³/mol. The number of aliphatic hydroxyl groups excluding tert-OH is 1. The van der Waals surface area contributed by atoms with Crippen LogP contribution in [0.5, 0.6) is 0 Å². The van der Waals surface area contributed by atoms with Gasteiger partial charge in [-0.05, 0) is 24.8 Å². The van der Waals surface area contributed by atoms with Gasteiger partial charge in [0.1, 0.15) is 6.10 Å². The van der Waals surface area contributed by atoms with E-state index >= 15 is 0 Å². The van der Waals surface area contributed by atoms with Crippen LogP contribution in [0.1, 0.15) is 38.5 Å². The first-order chi connectivity index (χ1) is 5.90. The second-order valence-corrected chi connectivity index (χ2v) is 3.71. The minimum absolute atomic E-state index is 0.0769. The van der Waals surface area contributed by atoms with Crippen molar-refractivity contribution in [2.45, 2.75) is 44.6 Å². The summed E-state index contributed by atoms with van der Waals surface area (Å²) in [5.41, 5.74) is 1.48. The molecule has 2 nitrogen and oxygen atoms in total. The summed E-state index contributed by atoms with van der Waals surface area (Å²) in [6.07, 6.45) is 7.26. The Morgan fingerprint density at radius 2 is 2.08 bits per heavy atom. The summed E-state index contributed by atoms with van der Waals surface area (Å²) in [6, 6.07) is 0. The van der Waals surface area contributed by atoms with Crippen LogP contribution in [0.15, 0.2) is 11.3 Å². The van der Waals surface area contributed by atoms with Gasteiger partial charge in [-0.1, -0.05) is 6.42 Å². The van der Waals surface area contributed by atoms with Crippen molar-refractivity contribution in [1.82, 2.24) is 0 Å². The molecule has 2 heteroatoms. The molecule has 0 saturated heterocycles. The molecule has 2 aliphatic rings. The zero-order chi connectivity index (χ0) is 8.39. The smallest absolute Gasteiger partial charge is 0.125 e. The van der Waals surface area contributed by atoms with E-state index in [1.807, 2.05) is 0 Å². The SMILES string of the molecule is OCC1CC2=C(CCCCC2)O1. The lowest BCUT2D eigenvalue weighted by Crippen LogP contribution is -2.11. The number of hydrogen-bond donors (Lipinski definition) is 1. The summed E-state index contributed by atoms with van der Waals surface area (Å²) in [6.45, 7) is 0.174. The highest BCUT2D eigenvalue weighted by Gasteiger charge is 2.25. The van der Waals surface area contributed by atoms with Gasteiger partial charge in [-0.15, -0.1) is 0 Å². The maximum atomic E-state index is 8.93. The van der Waals surface area contributed by atoms with Crippen molar-refractivity contribution < 1.29 is 9.84 Å². The van der Waals surface area contributed by atoms with E-state index in [1.165, 1.54) is 37.0 Å². The van der Waals surface area contributed by atoms with Crippen molar-refractivity contribution in [3.8, 4) is 0 Å². The first-order valence-electron chi connectivity index (χ1n) is 4.88. The molecule has 0 saturated carbocycles. The second kappa shape index (κ2) is 3.48. The topological polar surface area (TPSA) is 29.5 Å². The van der Waals surface area contributed by atoms with Gasteiger partial charge in [-0.2, -0.15) is 0 Å². The molecule has 1 aliphatic heterocycles. The summed E-state index contributed by atoms with van der Waals surface area (Å²) in [7, 11) is 0. The Balaban J connectivity index is 2.01. The molecular formula is C10H16O2. The van der Waals surface area contributed by atoms with Crippen LogP contribution in [-0.4, -0.2) is 17.8 Å². The Labute approximate surface area is 73.2 Å². The molecule has 1 unspecified atom stereocenters. The molecule has 68 valence electrons. The van der Waals surface area contributed by atoms with Gasteiger partial charge in [-0.3, -0.25) is 0 Å². The molecule has 1 N–H and O–H groups in total. The first kappa shape index (κ1) is 8.11. The van der Waals surface area contributed by atoms with Crippen LogP contribution < -0.4 is 0 Å². The third-order valence-corrected chi connectivity index (χ3v) is 2.76. The van der Waals surface area contributed by atoms with Crippen LogP contribution in [0.2, 0.25) is 0 Å². The van der Waals surface area contributed by atoms with Crippen LogP contribution in [0.4, 0.5) is 0 Å². The molecule has 0 aromatic carbocycles. The fourth-order valence-electron chi connectivity index (χ4n) is 2.09. The van der Waals surface area contributed by atoms with E-state index < -0.39 is 0 Å². The average Bonchev–Trinajstić information content (AvgIpc) is 2.37. The zero-order valence-corrected chi connectivity index (χ0v) is 7.38. The van der Waals surface area contributed by atoms with E-state index in [0.29, 0.717) is 0 Å². The Bertz CT molecular complexity index is 178. The predicted octanol–water partition coefficient (Wildman–Crippen LogP) is 1.99. The van der Waals surface area contributed by atoms with Crippen LogP contribution in [0.25, 0.3) is 0 Å². The lowest BCUT2D eigenvalue weighted by atomic mass is 10.1. The zero-order valence-electron chi connectivity index (χ0n) is 7.38. The molecular weight excluding hydrogens is 152 g/mol. The lowest BCUT2D eigenvalue weighted by molar-refractivity contribution is 0.0752. The highest BCUT2D eigenvalue weighted by molar-refractivity contribution is 5.16. The lowest BCUT2D eigenvalue weighted by Gasteiger charge is -2.09. The van der Waals surface area contributed by atoms with Crippen molar-refractivity contribution in [3.05, 3.63) is 11.3 Å². The van der Waals surface area contributed by atoms with Crippen LogP contribution in [0.3, 0.4) is 0 Å². The van der Waals surface area contributed by atoms with Gasteiger partial charge in [0, 0.05) is 12.8 Å². The summed E-state index contributed by atoms with van der Waals surface area (Å²) in [5.74, 6) is 1.20. The van der Waals surface area contributed by atoms with Gasteiger partial charge >= 0.3 is 0 Å². The van der Waals surface area contributed by atoms with Gasteiger partial charge in [0.05, 0.1) is 12.4 Å². The number of ether oxygens (including phenoxy) is 1. The fraction of sp³-hybridized carbons (Fsp3) is 0.800. The van der Waals surface area contributed by atoms with Gasteiger partial charge in [-0.25, -0.2) is 0 Å². The van der Waals surface area contributed by atoms with Gasteiger partial charge in [0.15, 0.2) is 0 Å². The van der Waals surface area contributed by atoms with E-state index in [1.54, 1.807) is 0 Å². The van der Waals surface area contributed by atoms with Gasteiger partial charge in [0.2, 0.25) is 0 Å². The molecule has 1 aliphatic carbocycles. The molecule has 1 heterocycles. The van der Waals surface area contributed by atoms with E-state index in [9.17, 15) is 0 Å². The van der Waals surface area contributed by atoms with Crippen LogP contribution in [-0.2, 0) is 4.74 Å². The summed E-state index contributed by atoms with van der Waals surface area (Å²) < 4.78 is 5.62. The number of hydrogen-bond acceptors (Lipinski definition) is 2. The third kappa shape index (κ3) is 1.48. The normalized spacial score (nSPS) is 29.6. The number of allylic oxidation sites excluding steroid dienone is 1. The van der Waals surface area contributed by atoms with E-state index in [4.69, 9.17) is 9.84 Å². The maximum absolute atomic E-state index is 8.93. The van der Waals surface area contributed by atoms with E-state index in [-0.39, 0.29) is 12.7 Å². The minimum atomic E-state index is 0.0769. The van der Waals surface area contributed by atoms with Crippen LogP contribution >= 0.6 is 0 Å². The standard InChI is InChI=1S/C10H16O2/c11-7-9-6-8-4-2-1-3-5-10(8)12-9/h9,11H,1-7H2. The first-order valence-corrected chi connectivity index (χ1v) is 4.88.